The number of hydrogen-bond donors (Lipinski definition) is 1. The minimum absolute atomic E-state index is 0.0630. The first-order valence-corrected chi connectivity index (χ1v) is 5.61. The Morgan fingerprint density at radius 3 is 2.60 bits per heavy atom. The van der Waals surface area contributed by atoms with Crippen molar-refractivity contribution < 1.29 is 13.7 Å². The lowest BCUT2D eigenvalue weighted by Crippen LogP contribution is -2.06. The van der Waals surface area contributed by atoms with Crippen molar-refractivity contribution >= 4 is 11.6 Å². The first kappa shape index (κ1) is 13.8. The van der Waals surface area contributed by atoms with E-state index >= 15 is 0 Å². The fourth-order valence-corrected chi connectivity index (χ4v) is 1.77. The molecule has 1 aromatic carbocycles. The molecule has 0 aliphatic carbocycles. The van der Waals surface area contributed by atoms with Crippen molar-refractivity contribution in [1.82, 2.24) is 9.97 Å². The Morgan fingerprint density at radius 1 is 1.30 bits per heavy atom. The van der Waals surface area contributed by atoms with Gasteiger partial charge in [-0.2, -0.15) is 0 Å². The molecule has 0 unspecified atom stereocenters. The van der Waals surface area contributed by atoms with Gasteiger partial charge in [-0.3, -0.25) is 10.1 Å². The zero-order valence-corrected chi connectivity index (χ0v) is 10.6. The third-order valence-electron chi connectivity index (χ3n) is 2.67. The number of aryl methyl sites for hydroxylation is 1. The summed E-state index contributed by atoms with van der Waals surface area (Å²) in [6.45, 7) is 1.40. The molecule has 0 aliphatic rings. The van der Waals surface area contributed by atoms with Gasteiger partial charge in [-0.25, -0.2) is 18.7 Å². The van der Waals surface area contributed by atoms with Gasteiger partial charge in [-0.15, -0.1) is 0 Å². The molecule has 104 valence electrons. The molecule has 0 aliphatic heterocycles. The van der Waals surface area contributed by atoms with Crippen LogP contribution in [0.1, 0.15) is 5.69 Å². The van der Waals surface area contributed by atoms with Crippen LogP contribution in [0.15, 0.2) is 18.2 Å². The Morgan fingerprint density at radius 2 is 2.00 bits per heavy atom. The minimum atomic E-state index is -1.18. The Bertz CT molecular complexity index is 691. The minimum Gasteiger partial charge on any atom is -0.357 e. The molecule has 6 nitrogen and oxygen atoms in total. The van der Waals surface area contributed by atoms with Crippen LogP contribution in [0.5, 0.6) is 0 Å². The standard InChI is InChI=1S/C12H10F2N4O2/c1-6-11(18(19)20)10(17-12(15-2)16-6)7-4-3-5-8(13)9(7)14/h3-5H,1-2H3,(H,15,16,17). The first-order chi connectivity index (χ1) is 9.45. The molecular formula is C12H10F2N4O2. The van der Waals surface area contributed by atoms with Crippen molar-refractivity contribution in [1.29, 1.82) is 0 Å². The molecule has 1 heterocycles. The fourth-order valence-electron chi connectivity index (χ4n) is 1.77. The van der Waals surface area contributed by atoms with Crippen LogP contribution < -0.4 is 5.32 Å². The summed E-state index contributed by atoms with van der Waals surface area (Å²) in [5.41, 5.74) is -0.927. The quantitative estimate of drug-likeness (QED) is 0.690. The molecule has 0 atom stereocenters. The molecule has 0 fully saturated rings. The van der Waals surface area contributed by atoms with Gasteiger partial charge in [0, 0.05) is 12.6 Å². The molecule has 2 rings (SSSR count). The van der Waals surface area contributed by atoms with Gasteiger partial charge in [0.1, 0.15) is 5.69 Å². The van der Waals surface area contributed by atoms with Gasteiger partial charge < -0.3 is 5.32 Å². The number of nitrogens with one attached hydrogen (secondary N) is 1. The second-order valence-electron chi connectivity index (χ2n) is 3.94. The second kappa shape index (κ2) is 5.16. The van der Waals surface area contributed by atoms with Crippen LogP contribution in [0, 0.1) is 28.7 Å². The van der Waals surface area contributed by atoms with E-state index in [0.29, 0.717) is 0 Å². The summed E-state index contributed by atoms with van der Waals surface area (Å²) in [6, 6.07) is 3.41. The summed E-state index contributed by atoms with van der Waals surface area (Å²) >= 11 is 0. The lowest BCUT2D eigenvalue weighted by Gasteiger charge is -2.08. The number of anilines is 1. The van der Waals surface area contributed by atoms with Crippen molar-refractivity contribution in [2.24, 2.45) is 0 Å². The van der Waals surface area contributed by atoms with E-state index in [-0.39, 0.29) is 22.9 Å². The largest absolute Gasteiger partial charge is 0.357 e. The SMILES string of the molecule is CNc1nc(C)c([N+](=O)[O-])c(-c2cccc(F)c2F)n1. The summed E-state index contributed by atoms with van der Waals surface area (Å²) in [5.74, 6) is -2.19. The number of aromatic nitrogens is 2. The number of nitro groups is 1. The lowest BCUT2D eigenvalue weighted by atomic mass is 10.1. The molecule has 1 aromatic heterocycles. The van der Waals surface area contributed by atoms with Crippen LogP contribution in [0.2, 0.25) is 0 Å². The molecule has 20 heavy (non-hydrogen) atoms. The molecule has 0 amide bonds. The average Bonchev–Trinajstić information content (AvgIpc) is 2.40. The van der Waals surface area contributed by atoms with Crippen molar-refractivity contribution in [2.75, 3.05) is 12.4 Å². The summed E-state index contributed by atoms with van der Waals surface area (Å²) in [4.78, 5) is 18.1. The highest BCUT2D eigenvalue weighted by atomic mass is 19.2. The van der Waals surface area contributed by atoms with Gasteiger partial charge in [-0.1, -0.05) is 6.07 Å². The monoisotopic (exact) mass is 280 g/mol. The van der Waals surface area contributed by atoms with E-state index in [4.69, 9.17) is 0 Å². The highest BCUT2D eigenvalue weighted by molar-refractivity contribution is 5.72. The van der Waals surface area contributed by atoms with Crippen LogP contribution in [0.25, 0.3) is 11.3 Å². The van der Waals surface area contributed by atoms with Crippen molar-refractivity contribution in [3.8, 4) is 11.3 Å². The summed E-state index contributed by atoms with van der Waals surface area (Å²) < 4.78 is 27.1. The van der Waals surface area contributed by atoms with E-state index in [1.54, 1.807) is 0 Å². The Labute approximate surface area is 112 Å². The van der Waals surface area contributed by atoms with Gasteiger partial charge >= 0.3 is 5.69 Å². The number of nitrogens with zero attached hydrogens (tertiary/aromatic N) is 3. The fraction of sp³-hybridized carbons (Fsp3) is 0.167. The average molecular weight is 280 g/mol. The Kier molecular flexibility index (Phi) is 3.55. The topological polar surface area (TPSA) is 81.0 Å². The number of rotatable bonds is 3. The second-order valence-corrected chi connectivity index (χ2v) is 3.94. The number of benzene rings is 1. The van der Waals surface area contributed by atoms with Crippen LogP contribution >= 0.6 is 0 Å². The van der Waals surface area contributed by atoms with Crippen LogP contribution in [0.3, 0.4) is 0 Å². The summed E-state index contributed by atoms with van der Waals surface area (Å²) in [7, 11) is 1.52. The summed E-state index contributed by atoms with van der Waals surface area (Å²) in [5, 5.41) is 13.7. The van der Waals surface area contributed by atoms with Crippen LogP contribution in [-0.4, -0.2) is 21.9 Å². The van der Waals surface area contributed by atoms with E-state index in [1.807, 2.05) is 0 Å². The molecule has 1 N–H and O–H groups in total. The predicted molar refractivity (Wildman–Crippen MR) is 68.3 cm³/mol. The zero-order chi connectivity index (χ0) is 14.9. The third-order valence-corrected chi connectivity index (χ3v) is 2.67. The van der Waals surface area contributed by atoms with E-state index in [1.165, 1.54) is 26.1 Å². The smallest absolute Gasteiger partial charge is 0.316 e. The maximum absolute atomic E-state index is 13.8. The molecule has 0 bridgehead atoms. The number of halogens is 2. The molecule has 0 saturated carbocycles. The van der Waals surface area contributed by atoms with Gasteiger partial charge in [0.25, 0.3) is 0 Å². The Hall–Kier alpha value is -2.64. The van der Waals surface area contributed by atoms with Crippen molar-refractivity contribution in [3.63, 3.8) is 0 Å². The zero-order valence-electron chi connectivity index (χ0n) is 10.6. The lowest BCUT2D eigenvalue weighted by molar-refractivity contribution is -0.385. The maximum Gasteiger partial charge on any atom is 0.316 e. The highest BCUT2D eigenvalue weighted by Gasteiger charge is 2.26. The highest BCUT2D eigenvalue weighted by Crippen LogP contribution is 2.33. The predicted octanol–water partition coefficient (Wildman–Crippen LogP) is 2.68. The maximum atomic E-state index is 13.8. The third kappa shape index (κ3) is 2.27. The van der Waals surface area contributed by atoms with Crippen LogP contribution in [0.4, 0.5) is 20.4 Å². The van der Waals surface area contributed by atoms with Crippen molar-refractivity contribution in [3.05, 3.63) is 45.6 Å². The van der Waals surface area contributed by atoms with Gasteiger partial charge in [0.05, 0.1) is 4.92 Å². The van der Waals surface area contributed by atoms with E-state index in [9.17, 15) is 18.9 Å². The first-order valence-electron chi connectivity index (χ1n) is 5.61. The normalized spacial score (nSPS) is 10.4. The van der Waals surface area contributed by atoms with Gasteiger partial charge in [0.15, 0.2) is 17.3 Å². The van der Waals surface area contributed by atoms with Crippen LogP contribution in [-0.2, 0) is 0 Å². The van der Waals surface area contributed by atoms with Gasteiger partial charge in [0.2, 0.25) is 5.95 Å². The molecule has 0 radical (unpaired) electrons. The molecule has 8 heteroatoms. The van der Waals surface area contributed by atoms with Gasteiger partial charge in [-0.05, 0) is 19.1 Å². The van der Waals surface area contributed by atoms with Crippen molar-refractivity contribution in [2.45, 2.75) is 6.92 Å². The molecule has 2 aromatic rings. The Balaban J connectivity index is 2.80. The van der Waals surface area contributed by atoms with E-state index in [2.05, 4.69) is 15.3 Å². The molecule has 0 saturated heterocycles. The van der Waals surface area contributed by atoms with E-state index in [0.717, 1.165) is 6.07 Å². The van der Waals surface area contributed by atoms with E-state index < -0.39 is 22.2 Å². The molecular weight excluding hydrogens is 270 g/mol. The molecule has 0 spiro atoms. The summed E-state index contributed by atoms with van der Waals surface area (Å²) in [6.07, 6.45) is 0. The number of hydrogen-bond acceptors (Lipinski definition) is 5.